The van der Waals surface area contributed by atoms with Gasteiger partial charge in [-0.1, -0.05) is 29.8 Å². The molecule has 5 nitrogen and oxygen atoms in total. The molecule has 1 aliphatic rings. The summed E-state index contributed by atoms with van der Waals surface area (Å²) in [4.78, 5) is 12.1. The van der Waals surface area contributed by atoms with Gasteiger partial charge in [0.1, 0.15) is 5.69 Å². The standard InChI is InChI=1S/C15H16ClN3O2/c16-12-4-2-1-3-11(12)13-7-14(19-18-13)15(20)17-8-10-5-6-21-9-10/h1-4,7,10H,5-6,8-9H2,(H,17,20)(H,18,19)/t10-/m0/s1. The summed E-state index contributed by atoms with van der Waals surface area (Å²) in [5, 5.41) is 10.4. The first-order chi connectivity index (χ1) is 10.2. The Bertz CT molecular complexity index is 635. The number of benzene rings is 1. The van der Waals surface area contributed by atoms with Crippen molar-refractivity contribution < 1.29 is 9.53 Å². The summed E-state index contributed by atoms with van der Waals surface area (Å²) in [5.74, 6) is 0.243. The molecule has 2 heterocycles. The average Bonchev–Trinajstić information content (AvgIpc) is 3.17. The Balaban J connectivity index is 1.66. The first-order valence-electron chi connectivity index (χ1n) is 6.90. The molecule has 1 aromatic heterocycles. The van der Waals surface area contributed by atoms with Crippen LogP contribution >= 0.6 is 11.6 Å². The predicted molar refractivity (Wildman–Crippen MR) is 80.3 cm³/mol. The maximum Gasteiger partial charge on any atom is 0.269 e. The van der Waals surface area contributed by atoms with Gasteiger partial charge in [-0.3, -0.25) is 9.89 Å². The van der Waals surface area contributed by atoms with Gasteiger partial charge in [-0.15, -0.1) is 0 Å². The zero-order valence-corrected chi connectivity index (χ0v) is 12.2. The first-order valence-corrected chi connectivity index (χ1v) is 7.28. The average molecular weight is 306 g/mol. The van der Waals surface area contributed by atoms with Crippen molar-refractivity contribution in [3.05, 3.63) is 41.0 Å². The van der Waals surface area contributed by atoms with Crippen molar-refractivity contribution in [1.29, 1.82) is 0 Å². The molecule has 6 heteroatoms. The molecule has 0 bridgehead atoms. The number of hydrogen-bond donors (Lipinski definition) is 2. The van der Waals surface area contributed by atoms with Crippen LogP contribution in [0.2, 0.25) is 5.02 Å². The van der Waals surface area contributed by atoms with Crippen LogP contribution in [0.3, 0.4) is 0 Å². The molecule has 2 N–H and O–H groups in total. The van der Waals surface area contributed by atoms with E-state index in [2.05, 4.69) is 15.5 Å². The van der Waals surface area contributed by atoms with Crippen molar-refractivity contribution in [1.82, 2.24) is 15.5 Å². The maximum absolute atomic E-state index is 12.1. The van der Waals surface area contributed by atoms with E-state index in [1.807, 2.05) is 18.2 Å². The lowest BCUT2D eigenvalue weighted by Crippen LogP contribution is -2.29. The summed E-state index contributed by atoms with van der Waals surface area (Å²) in [6.07, 6.45) is 0.994. The van der Waals surface area contributed by atoms with Gasteiger partial charge in [0.15, 0.2) is 0 Å². The third-order valence-corrected chi connectivity index (χ3v) is 3.88. The van der Waals surface area contributed by atoms with E-state index in [1.54, 1.807) is 12.1 Å². The Hall–Kier alpha value is -1.85. The molecule has 0 aliphatic carbocycles. The quantitative estimate of drug-likeness (QED) is 0.912. The minimum absolute atomic E-state index is 0.160. The van der Waals surface area contributed by atoms with Crippen molar-refractivity contribution in [2.24, 2.45) is 5.92 Å². The van der Waals surface area contributed by atoms with Crippen molar-refractivity contribution in [3.63, 3.8) is 0 Å². The fraction of sp³-hybridized carbons (Fsp3) is 0.333. The fourth-order valence-electron chi connectivity index (χ4n) is 2.32. The number of H-pyrrole nitrogens is 1. The molecule has 0 radical (unpaired) electrons. The largest absolute Gasteiger partial charge is 0.381 e. The molecule has 110 valence electrons. The smallest absolute Gasteiger partial charge is 0.269 e. The summed E-state index contributed by atoms with van der Waals surface area (Å²) < 4.78 is 5.28. The number of aromatic amines is 1. The molecule has 21 heavy (non-hydrogen) atoms. The van der Waals surface area contributed by atoms with E-state index >= 15 is 0 Å². The van der Waals surface area contributed by atoms with E-state index in [-0.39, 0.29) is 5.91 Å². The molecule has 1 aliphatic heterocycles. The molecule has 0 unspecified atom stereocenters. The Morgan fingerprint density at radius 1 is 1.48 bits per heavy atom. The van der Waals surface area contributed by atoms with Crippen LogP contribution in [0.4, 0.5) is 0 Å². The summed E-state index contributed by atoms with van der Waals surface area (Å²) in [6, 6.07) is 9.12. The highest BCUT2D eigenvalue weighted by atomic mass is 35.5. The van der Waals surface area contributed by atoms with Gasteiger partial charge in [0.2, 0.25) is 0 Å². The Morgan fingerprint density at radius 2 is 2.33 bits per heavy atom. The van der Waals surface area contributed by atoms with Gasteiger partial charge in [0.05, 0.1) is 17.3 Å². The van der Waals surface area contributed by atoms with Gasteiger partial charge < -0.3 is 10.1 Å². The normalized spacial score (nSPS) is 17.9. The van der Waals surface area contributed by atoms with Gasteiger partial charge in [-0.05, 0) is 18.6 Å². The van der Waals surface area contributed by atoms with Crippen LogP contribution in [-0.4, -0.2) is 35.9 Å². The minimum Gasteiger partial charge on any atom is -0.381 e. The molecule has 0 saturated carbocycles. The van der Waals surface area contributed by atoms with Gasteiger partial charge in [-0.25, -0.2) is 0 Å². The van der Waals surface area contributed by atoms with Gasteiger partial charge in [0.25, 0.3) is 5.91 Å². The summed E-state index contributed by atoms with van der Waals surface area (Å²) in [6.45, 7) is 2.12. The number of aromatic nitrogens is 2. The number of rotatable bonds is 4. The van der Waals surface area contributed by atoms with Crippen LogP contribution in [-0.2, 0) is 4.74 Å². The second kappa shape index (κ2) is 6.28. The van der Waals surface area contributed by atoms with E-state index in [1.165, 1.54) is 0 Å². The van der Waals surface area contributed by atoms with E-state index in [0.717, 1.165) is 18.6 Å². The van der Waals surface area contributed by atoms with Crippen LogP contribution in [0.25, 0.3) is 11.3 Å². The third kappa shape index (κ3) is 3.25. The highest BCUT2D eigenvalue weighted by Crippen LogP contribution is 2.26. The number of carbonyl (C=O) groups is 1. The van der Waals surface area contributed by atoms with E-state index in [9.17, 15) is 4.79 Å². The SMILES string of the molecule is O=C(NC[C@@H]1CCOC1)c1cc(-c2ccccc2Cl)n[nH]1. The zero-order valence-electron chi connectivity index (χ0n) is 11.4. The number of ether oxygens (including phenoxy) is 1. The van der Waals surface area contributed by atoms with Crippen LogP contribution in [0.1, 0.15) is 16.9 Å². The number of nitrogens with one attached hydrogen (secondary N) is 2. The van der Waals surface area contributed by atoms with Crippen LogP contribution < -0.4 is 5.32 Å². The number of hydrogen-bond acceptors (Lipinski definition) is 3. The maximum atomic E-state index is 12.1. The molecule has 3 rings (SSSR count). The Kier molecular flexibility index (Phi) is 4.22. The highest BCUT2D eigenvalue weighted by Gasteiger charge is 2.18. The van der Waals surface area contributed by atoms with Crippen LogP contribution in [0.15, 0.2) is 30.3 Å². The number of amides is 1. The van der Waals surface area contributed by atoms with Gasteiger partial charge >= 0.3 is 0 Å². The van der Waals surface area contributed by atoms with Gasteiger partial charge in [0, 0.05) is 24.6 Å². The summed E-state index contributed by atoms with van der Waals surface area (Å²) in [7, 11) is 0. The van der Waals surface area contributed by atoms with Crippen molar-refractivity contribution in [2.75, 3.05) is 19.8 Å². The minimum atomic E-state index is -0.160. The molecule has 0 spiro atoms. The van der Waals surface area contributed by atoms with Crippen LogP contribution in [0, 0.1) is 5.92 Å². The fourth-order valence-corrected chi connectivity index (χ4v) is 2.55. The van der Waals surface area contributed by atoms with E-state index in [4.69, 9.17) is 16.3 Å². The van der Waals surface area contributed by atoms with E-state index < -0.39 is 0 Å². The van der Waals surface area contributed by atoms with Crippen molar-refractivity contribution in [2.45, 2.75) is 6.42 Å². The van der Waals surface area contributed by atoms with Crippen molar-refractivity contribution >= 4 is 17.5 Å². The topological polar surface area (TPSA) is 67.0 Å². The number of halogens is 1. The second-order valence-corrected chi connectivity index (χ2v) is 5.49. The summed E-state index contributed by atoms with van der Waals surface area (Å²) in [5.41, 5.74) is 1.90. The Morgan fingerprint density at radius 3 is 3.10 bits per heavy atom. The number of nitrogens with zero attached hydrogens (tertiary/aromatic N) is 1. The lowest BCUT2D eigenvalue weighted by Gasteiger charge is -2.07. The van der Waals surface area contributed by atoms with Crippen LogP contribution in [0.5, 0.6) is 0 Å². The molecule has 2 aromatic rings. The molecule has 1 atom stereocenters. The Labute approximate surface area is 127 Å². The molecular weight excluding hydrogens is 290 g/mol. The zero-order chi connectivity index (χ0) is 14.7. The first kappa shape index (κ1) is 14.1. The van der Waals surface area contributed by atoms with E-state index in [0.29, 0.717) is 35.5 Å². The summed E-state index contributed by atoms with van der Waals surface area (Å²) >= 11 is 6.13. The lowest BCUT2D eigenvalue weighted by atomic mass is 10.1. The van der Waals surface area contributed by atoms with Gasteiger partial charge in [-0.2, -0.15) is 5.10 Å². The molecular formula is C15H16ClN3O2. The lowest BCUT2D eigenvalue weighted by molar-refractivity contribution is 0.0940. The highest BCUT2D eigenvalue weighted by molar-refractivity contribution is 6.33. The molecule has 1 saturated heterocycles. The molecule has 1 aromatic carbocycles. The molecule has 1 fully saturated rings. The van der Waals surface area contributed by atoms with Crippen molar-refractivity contribution in [3.8, 4) is 11.3 Å². The third-order valence-electron chi connectivity index (χ3n) is 3.55. The monoisotopic (exact) mass is 305 g/mol. The molecule has 1 amide bonds. The predicted octanol–water partition coefficient (Wildman–Crippen LogP) is 2.50. The second-order valence-electron chi connectivity index (χ2n) is 5.09. The number of carbonyl (C=O) groups excluding carboxylic acids is 1.